The number of carbonyl (C=O) groups is 3. The Morgan fingerprint density at radius 2 is 1.95 bits per heavy atom. The summed E-state index contributed by atoms with van der Waals surface area (Å²) in [6.45, 7) is -0.545. The van der Waals surface area contributed by atoms with Gasteiger partial charge in [0.2, 0.25) is 5.91 Å². The standard InChI is InChI=1S/C13H15ClN2O4/c1-15-11(17)7-16(2)12(18)8-20-13(19)9-5-3-4-6-10(9)14/h3-6H,7-8H2,1-2H3,(H,15,17). The molecular weight excluding hydrogens is 284 g/mol. The number of likely N-dealkylation sites (N-methyl/N-ethyl adjacent to an activating group) is 2. The number of carbonyl (C=O) groups excluding carboxylic acids is 3. The lowest BCUT2D eigenvalue weighted by Gasteiger charge is -2.16. The molecule has 0 aliphatic rings. The molecule has 7 heteroatoms. The Bertz CT molecular complexity index is 519. The maximum absolute atomic E-state index is 11.7. The van der Waals surface area contributed by atoms with Crippen molar-refractivity contribution in [2.24, 2.45) is 0 Å². The number of nitrogens with one attached hydrogen (secondary N) is 1. The maximum Gasteiger partial charge on any atom is 0.340 e. The lowest BCUT2D eigenvalue weighted by Crippen LogP contribution is -2.39. The van der Waals surface area contributed by atoms with Crippen molar-refractivity contribution in [3.63, 3.8) is 0 Å². The largest absolute Gasteiger partial charge is 0.452 e. The molecule has 6 nitrogen and oxygen atoms in total. The van der Waals surface area contributed by atoms with Gasteiger partial charge in [-0.15, -0.1) is 0 Å². The lowest BCUT2D eigenvalue weighted by atomic mass is 10.2. The molecular formula is C13H15ClN2O4. The van der Waals surface area contributed by atoms with E-state index < -0.39 is 18.5 Å². The summed E-state index contributed by atoms with van der Waals surface area (Å²) in [5.41, 5.74) is 0.191. The SMILES string of the molecule is CNC(=O)CN(C)C(=O)COC(=O)c1ccccc1Cl. The minimum absolute atomic E-state index is 0.0982. The molecule has 0 fully saturated rings. The molecule has 1 rings (SSSR count). The molecule has 1 aromatic carbocycles. The van der Waals surface area contributed by atoms with Crippen LogP contribution in [0.15, 0.2) is 24.3 Å². The van der Waals surface area contributed by atoms with Crippen LogP contribution in [0.3, 0.4) is 0 Å². The molecule has 0 saturated heterocycles. The first-order chi connectivity index (χ1) is 9.45. The molecule has 20 heavy (non-hydrogen) atoms. The van der Waals surface area contributed by atoms with Crippen molar-refractivity contribution < 1.29 is 19.1 Å². The van der Waals surface area contributed by atoms with Gasteiger partial charge < -0.3 is 15.0 Å². The third-order valence-electron chi connectivity index (χ3n) is 2.51. The number of halogens is 1. The molecule has 0 unspecified atom stereocenters. The fraction of sp³-hybridized carbons (Fsp3) is 0.308. The number of nitrogens with zero attached hydrogens (tertiary/aromatic N) is 1. The second-order valence-corrected chi connectivity index (χ2v) is 4.39. The number of amides is 2. The Labute approximate surface area is 121 Å². The van der Waals surface area contributed by atoms with Crippen LogP contribution in [0.5, 0.6) is 0 Å². The average molecular weight is 299 g/mol. The van der Waals surface area contributed by atoms with E-state index in [1.807, 2.05) is 0 Å². The highest BCUT2D eigenvalue weighted by Crippen LogP contribution is 2.15. The first-order valence-corrected chi connectivity index (χ1v) is 6.19. The molecule has 2 amide bonds. The Morgan fingerprint density at radius 1 is 1.30 bits per heavy atom. The number of ether oxygens (including phenoxy) is 1. The third-order valence-corrected chi connectivity index (χ3v) is 2.84. The number of rotatable bonds is 5. The summed E-state index contributed by atoms with van der Waals surface area (Å²) in [4.78, 5) is 35.6. The highest BCUT2D eigenvalue weighted by atomic mass is 35.5. The van der Waals surface area contributed by atoms with Crippen LogP contribution >= 0.6 is 11.6 Å². The topological polar surface area (TPSA) is 75.7 Å². The van der Waals surface area contributed by atoms with Crippen molar-refractivity contribution in [3.05, 3.63) is 34.9 Å². The summed E-state index contributed by atoms with van der Waals surface area (Å²) < 4.78 is 4.86. The summed E-state index contributed by atoms with van der Waals surface area (Å²) in [5, 5.41) is 2.64. The highest BCUT2D eigenvalue weighted by molar-refractivity contribution is 6.33. The molecule has 1 N–H and O–H groups in total. The zero-order valence-electron chi connectivity index (χ0n) is 11.2. The summed E-state index contributed by atoms with van der Waals surface area (Å²) in [5.74, 6) is -1.47. The molecule has 0 atom stereocenters. The molecule has 0 aliphatic carbocycles. The van der Waals surface area contributed by atoms with Crippen molar-refractivity contribution >= 4 is 29.4 Å². The van der Waals surface area contributed by atoms with E-state index in [9.17, 15) is 14.4 Å². The molecule has 108 valence electrons. The maximum atomic E-state index is 11.7. The minimum Gasteiger partial charge on any atom is -0.452 e. The zero-order valence-corrected chi connectivity index (χ0v) is 11.9. The van der Waals surface area contributed by atoms with E-state index in [0.29, 0.717) is 0 Å². The summed E-state index contributed by atoms with van der Waals surface area (Å²) >= 11 is 5.84. The van der Waals surface area contributed by atoms with Gasteiger partial charge in [0.15, 0.2) is 6.61 Å². The fourth-order valence-corrected chi connectivity index (χ4v) is 1.54. The predicted molar refractivity (Wildman–Crippen MR) is 73.4 cm³/mol. The number of hydrogen-bond acceptors (Lipinski definition) is 4. The Morgan fingerprint density at radius 3 is 2.55 bits per heavy atom. The van der Waals surface area contributed by atoms with E-state index in [1.54, 1.807) is 18.2 Å². The second kappa shape index (κ2) is 7.49. The quantitative estimate of drug-likeness (QED) is 0.812. The Kier molecular flexibility index (Phi) is 5.99. The molecule has 0 heterocycles. The van der Waals surface area contributed by atoms with E-state index in [-0.39, 0.29) is 23.0 Å². The molecule has 0 spiro atoms. The minimum atomic E-state index is -0.683. The van der Waals surface area contributed by atoms with Crippen molar-refractivity contribution in [2.45, 2.75) is 0 Å². The summed E-state index contributed by atoms with van der Waals surface area (Å²) in [6.07, 6.45) is 0. The van der Waals surface area contributed by atoms with Gasteiger partial charge in [-0.3, -0.25) is 9.59 Å². The second-order valence-electron chi connectivity index (χ2n) is 3.98. The van der Waals surface area contributed by atoms with Crippen molar-refractivity contribution in [1.29, 1.82) is 0 Å². The van der Waals surface area contributed by atoms with Gasteiger partial charge in [-0.25, -0.2) is 4.79 Å². The molecule has 0 aliphatic heterocycles. The summed E-state index contributed by atoms with van der Waals surface area (Å²) in [7, 11) is 2.92. The Hall–Kier alpha value is -2.08. The number of hydrogen-bond donors (Lipinski definition) is 1. The van der Waals surface area contributed by atoms with Gasteiger partial charge in [0, 0.05) is 14.1 Å². The van der Waals surface area contributed by atoms with Crippen LogP contribution < -0.4 is 5.32 Å². The molecule has 0 saturated carbocycles. The van der Waals surface area contributed by atoms with Crippen LogP contribution in [0.25, 0.3) is 0 Å². The number of esters is 1. The van der Waals surface area contributed by atoms with Gasteiger partial charge in [0.05, 0.1) is 17.1 Å². The van der Waals surface area contributed by atoms with Gasteiger partial charge in [0.1, 0.15) is 0 Å². The van der Waals surface area contributed by atoms with Gasteiger partial charge in [-0.2, -0.15) is 0 Å². The average Bonchev–Trinajstić information content (AvgIpc) is 2.44. The van der Waals surface area contributed by atoms with Gasteiger partial charge >= 0.3 is 5.97 Å². The van der Waals surface area contributed by atoms with Gasteiger partial charge in [-0.1, -0.05) is 23.7 Å². The number of benzene rings is 1. The molecule has 1 aromatic rings. The smallest absolute Gasteiger partial charge is 0.340 e. The van der Waals surface area contributed by atoms with Crippen molar-refractivity contribution in [3.8, 4) is 0 Å². The van der Waals surface area contributed by atoms with E-state index in [4.69, 9.17) is 16.3 Å². The van der Waals surface area contributed by atoms with Crippen molar-refractivity contribution in [2.75, 3.05) is 27.2 Å². The molecule has 0 bridgehead atoms. The normalized spacial score (nSPS) is 9.75. The van der Waals surface area contributed by atoms with Crippen LogP contribution in [0.4, 0.5) is 0 Å². The monoisotopic (exact) mass is 298 g/mol. The van der Waals surface area contributed by atoms with E-state index in [2.05, 4.69) is 5.32 Å². The van der Waals surface area contributed by atoms with Gasteiger partial charge in [0.25, 0.3) is 5.91 Å². The van der Waals surface area contributed by atoms with E-state index in [0.717, 1.165) is 0 Å². The van der Waals surface area contributed by atoms with Crippen LogP contribution in [0, 0.1) is 0 Å². The fourth-order valence-electron chi connectivity index (χ4n) is 1.32. The van der Waals surface area contributed by atoms with Crippen molar-refractivity contribution in [1.82, 2.24) is 10.2 Å². The Balaban J connectivity index is 2.51. The first-order valence-electron chi connectivity index (χ1n) is 5.82. The predicted octanol–water partition coefficient (Wildman–Crippen LogP) is 0.701. The van der Waals surface area contributed by atoms with Gasteiger partial charge in [-0.05, 0) is 12.1 Å². The first kappa shape index (κ1) is 16.0. The van der Waals surface area contributed by atoms with E-state index in [1.165, 1.54) is 25.1 Å². The molecule has 0 aromatic heterocycles. The van der Waals surface area contributed by atoms with Crippen LogP contribution in [-0.4, -0.2) is 49.9 Å². The van der Waals surface area contributed by atoms with Crippen LogP contribution in [0.1, 0.15) is 10.4 Å². The molecule has 0 radical (unpaired) electrons. The lowest BCUT2D eigenvalue weighted by molar-refractivity contribution is -0.137. The zero-order chi connectivity index (χ0) is 15.1. The van der Waals surface area contributed by atoms with Crippen LogP contribution in [0.2, 0.25) is 5.02 Å². The third kappa shape index (κ3) is 4.55. The summed E-state index contributed by atoms with van der Waals surface area (Å²) in [6, 6.07) is 6.38. The van der Waals surface area contributed by atoms with Crippen LogP contribution in [-0.2, 0) is 14.3 Å². The highest BCUT2D eigenvalue weighted by Gasteiger charge is 2.16. The van der Waals surface area contributed by atoms with E-state index >= 15 is 0 Å².